The Balaban J connectivity index is 0. The number of aryl methyl sites for hydroxylation is 2. The van der Waals surface area contributed by atoms with E-state index in [1.807, 2.05) is 50.2 Å². The van der Waals surface area contributed by atoms with Gasteiger partial charge in [0.25, 0.3) is 0 Å². The minimum absolute atomic E-state index is 0. The second-order valence-corrected chi connectivity index (χ2v) is 5.26. The number of nitrogens with zero attached hydrogens (tertiary/aromatic N) is 2. The Morgan fingerprint density at radius 3 is 1.83 bits per heavy atom. The number of pyridine rings is 2. The van der Waals surface area contributed by atoms with Crippen molar-refractivity contribution in [1.29, 1.82) is 0 Å². The van der Waals surface area contributed by atoms with E-state index in [0.717, 1.165) is 34.5 Å². The van der Waals surface area contributed by atoms with Crippen molar-refractivity contribution in [2.45, 2.75) is 31.6 Å². The first-order valence-electron chi connectivity index (χ1n) is 6.90. The van der Waals surface area contributed by atoms with Gasteiger partial charge in [0.2, 0.25) is 0 Å². The third kappa shape index (κ3) is 11.0. The van der Waals surface area contributed by atoms with Crippen LogP contribution in [0.4, 0.5) is 0 Å². The molecule has 1 atom stereocenters. The predicted octanol–water partition coefficient (Wildman–Crippen LogP) is -4.34. The Bertz CT molecular complexity index is 555. The minimum atomic E-state index is 0. The number of hydrogen-bond donors (Lipinski definition) is 2. The Labute approximate surface area is 168 Å². The quantitative estimate of drug-likeness (QED) is 0.428. The van der Waals surface area contributed by atoms with Gasteiger partial charge in [-0.25, -0.2) is 0 Å². The molecule has 0 amide bonds. The second-order valence-electron chi connectivity index (χ2n) is 4.87. The normalized spacial score (nSPS) is 10.4. The molecule has 0 aromatic carbocycles. The van der Waals surface area contributed by atoms with Gasteiger partial charge in [-0.1, -0.05) is 6.07 Å². The van der Waals surface area contributed by atoms with Crippen molar-refractivity contribution >= 4 is 0 Å². The van der Waals surface area contributed by atoms with E-state index < -0.39 is 0 Å². The average Bonchev–Trinajstić information content (AvgIpc) is 2.47. The van der Waals surface area contributed by atoms with Crippen LogP contribution in [0, 0.1) is 13.8 Å². The van der Waals surface area contributed by atoms with Gasteiger partial charge in [0, 0.05) is 30.4 Å². The Hall–Kier alpha value is -0.301. The summed E-state index contributed by atoms with van der Waals surface area (Å²) in [5, 5.41) is 0.779. The number of halogens is 2. The molecule has 129 valence electrons. The Morgan fingerprint density at radius 1 is 0.957 bits per heavy atom. The van der Waals surface area contributed by atoms with Gasteiger partial charge in [-0.3, -0.25) is 4.98 Å². The molecule has 0 saturated heterocycles. The molecule has 0 fully saturated rings. The maximum Gasteiger partial charge on any atom is -1.00 e. The van der Waals surface area contributed by atoms with Gasteiger partial charge in [0.05, 0.1) is 0 Å². The SMILES string of the molecule is Cc1cccc(CC(N)CN)n1.Cc1cccc([CH2][Fe+2])n1.[Br-].[Br-]. The molecule has 2 aromatic heterocycles. The molecule has 2 aromatic rings. The molecule has 7 heteroatoms. The smallest absolute Gasteiger partial charge is 1.00 e. The van der Waals surface area contributed by atoms with E-state index in [-0.39, 0.29) is 40.0 Å². The monoisotopic (exact) mass is 485 g/mol. The summed E-state index contributed by atoms with van der Waals surface area (Å²) in [7, 11) is 0. The Morgan fingerprint density at radius 2 is 1.43 bits per heavy atom. The van der Waals surface area contributed by atoms with Gasteiger partial charge >= 0.3 is 62.8 Å². The minimum Gasteiger partial charge on any atom is -1.00 e. The summed E-state index contributed by atoms with van der Waals surface area (Å²) >= 11 is 3.73. The standard InChI is InChI=1S/C9H15N3.C7H8N.2BrH.Fe/c1-7-3-2-4-9(12-7)5-8(11)6-10;1-6-4-3-5-7(2)8-6;;;/h2-4,8H,5-6,10-11H2,1H3;3-5H,1H2,2H3;2*1H;/q;;;;+2/p-2. The third-order valence-corrected chi connectivity index (χ3v) is 3.19. The van der Waals surface area contributed by atoms with Crippen LogP contribution in [-0.4, -0.2) is 22.6 Å². The van der Waals surface area contributed by atoms with E-state index in [1.165, 1.54) is 0 Å². The van der Waals surface area contributed by atoms with Gasteiger partial charge in [-0.2, -0.15) is 0 Å². The molecule has 4 N–H and O–H groups in total. The summed E-state index contributed by atoms with van der Waals surface area (Å²) in [4.78, 5) is 8.55. The summed E-state index contributed by atoms with van der Waals surface area (Å²) in [5.41, 5.74) is 15.3. The van der Waals surface area contributed by atoms with Crippen LogP contribution in [0.2, 0.25) is 0 Å². The average molecular weight is 487 g/mol. The van der Waals surface area contributed by atoms with Gasteiger partial charge in [0.1, 0.15) is 0 Å². The van der Waals surface area contributed by atoms with Crippen LogP contribution in [0.5, 0.6) is 0 Å². The summed E-state index contributed by atoms with van der Waals surface area (Å²) in [6.07, 6.45) is 0.762. The van der Waals surface area contributed by atoms with E-state index in [0.29, 0.717) is 6.54 Å². The molecule has 0 saturated carbocycles. The zero-order valence-electron chi connectivity index (χ0n) is 13.3. The summed E-state index contributed by atoms with van der Waals surface area (Å²) in [5.74, 6) is 0. The molecule has 0 aliphatic carbocycles. The largest absolute Gasteiger partial charge is 1.00 e. The van der Waals surface area contributed by atoms with Crippen molar-refractivity contribution in [3.05, 3.63) is 59.2 Å². The molecule has 0 aliphatic rings. The molecular weight excluding hydrogens is 464 g/mol. The van der Waals surface area contributed by atoms with Crippen molar-refractivity contribution in [3.63, 3.8) is 0 Å². The molecule has 0 aliphatic heterocycles. The van der Waals surface area contributed by atoms with Crippen LogP contribution < -0.4 is 45.4 Å². The number of aromatic nitrogens is 2. The maximum atomic E-state index is 5.69. The van der Waals surface area contributed by atoms with Gasteiger partial charge in [-0.15, -0.1) is 0 Å². The zero-order chi connectivity index (χ0) is 15.7. The molecule has 4 nitrogen and oxygen atoms in total. The fourth-order valence-corrected chi connectivity index (χ4v) is 1.95. The first kappa shape index (κ1) is 24.9. The van der Waals surface area contributed by atoms with Crippen molar-refractivity contribution in [3.8, 4) is 0 Å². The van der Waals surface area contributed by atoms with Crippen molar-refractivity contribution < 1.29 is 50.0 Å². The number of rotatable bonds is 4. The van der Waals surface area contributed by atoms with Crippen molar-refractivity contribution in [2.24, 2.45) is 11.5 Å². The van der Waals surface area contributed by atoms with E-state index in [9.17, 15) is 0 Å². The Kier molecular flexibility index (Phi) is 15.3. The topological polar surface area (TPSA) is 77.8 Å². The summed E-state index contributed by atoms with van der Waals surface area (Å²) < 4.78 is 0. The van der Waals surface area contributed by atoms with E-state index in [1.54, 1.807) is 0 Å². The molecule has 0 bridgehead atoms. The summed E-state index contributed by atoms with van der Waals surface area (Å²) in [6, 6.07) is 11.9. The first-order valence-corrected chi connectivity index (χ1v) is 7.68. The molecule has 0 radical (unpaired) electrons. The molecule has 1 unspecified atom stereocenters. The van der Waals surface area contributed by atoms with Crippen LogP contribution >= 0.6 is 0 Å². The molecule has 23 heavy (non-hydrogen) atoms. The van der Waals surface area contributed by atoms with Crippen LogP contribution in [0.25, 0.3) is 0 Å². The van der Waals surface area contributed by atoms with E-state index in [4.69, 9.17) is 11.5 Å². The molecule has 2 heterocycles. The fourth-order valence-electron chi connectivity index (χ4n) is 1.73. The van der Waals surface area contributed by atoms with Crippen LogP contribution in [0.15, 0.2) is 36.4 Å². The molecule has 0 spiro atoms. The zero-order valence-corrected chi connectivity index (χ0v) is 17.6. The van der Waals surface area contributed by atoms with Crippen LogP contribution in [0.3, 0.4) is 0 Å². The van der Waals surface area contributed by atoms with Gasteiger partial charge in [-0.05, 0) is 19.1 Å². The second kappa shape index (κ2) is 14.1. The van der Waals surface area contributed by atoms with Crippen molar-refractivity contribution in [1.82, 2.24) is 9.97 Å². The maximum absolute atomic E-state index is 5.69. The van der Waals surface area contributed by atoms with Crippen LogP contribution in [-0.2, 0) is 27.8 Å². The first-order chi connectivity index (χ1) is 10.0. The van der Waals surface area contributed by atoms with Crippen LogP contribution in [0.1, 0.15) is 22.8 Å². The molecule has 2 rings (SSSR count). The van der Waals surface area contributed by atoms with E-state index in [2.05, 4.69) is 26.0 Å². The third-order valence-electron chi connectivity index (χ3n) is 2.79. The van der Waals surface area contributed by atoms with Crippen molar-refractivity contribution in [2.75, 3.05) is 6.54 Å². The van der Waals surface area contributed by atoms with E-state index >= 15 is 0 Å². The number of hydrogen-bond acceptors (Lipinski definition) is 4. The fraction of sp³-hybridized carbons (Fsp3) is 0.375. The molecular formula is C16H23Br2FeN4. The van der Waals surface area contributed by atoms with Gasteiger partial charge in [0.15, 0.2) is 0 Å². The van der Waals surface area contributed by atoms with Gasteiger partial charge < -0.3 is 45.4 Å². The summed E-state index contributed by atoms with van der Waals surface area (Å²) in [6.45, 7) is 4.46. The number of nitrogens with two attached hydrogens (primary N) is 2. The predicted molar refractivity (Wildman–Crippen MR) is 82.4 cm³/mol.